The van der Waals surface area contributed by atoms with Crippen LogP contribution in [0.15, 0.2) is 42.5 Å². The first kappa shape index (κ1) is 26.9. The normalized spacial score (nSPS) is 13.9. The van der Waals surface area contributed by atoms with Crippen molar-refractivity contribution in [3.63, 3.8) is 0 Å². The van der Waals surface area contributed by atoms with Crippen LogP contribution in [0, 0.1) is 5.82 Å². The molecule has 0 aliphatic carbocycles. The van der Waals surface area contributed by atoms with Crippen LogP contribution in [0.4, 0.5) is 17.6 Å². The molecule has 0 atom stereocenters. The number of benzene rings is 2. The molecule has 6 nitrogen and oxygen atoms in total. The molecule has 10 heteroatoms. The van der Waals surface area contributed by atoms with Crippen LogP contribution >= 0.6 is 0 Å². The van der Waals surface area contributed by atoms with Gasteiger partial charge in [0.05, 0.1) is 17.7 Å². The van der Waals surface area contributed by atoms with Crippen LogP contribution in [0.1, 0.15) is 53.4 Å². The van der Waals surface area contributed by atoms with Crippen LogP contribution in [-0.4, -0.2) is 41.4 Å². The summed E-state index contributed by atoms with van der Waals surface area (Å²) in [6.07, 6.45) is -1.79. The monoisotopic (exact) mass is 506 g/mol. The Labute approximate surface area is 205 Å². The quantitative estimate of drug-likeness (QED) is 0.368. The number of hydrogen-bond donors (Lipinski definition) is 1. The molecule has 0 unspecified atom stereocenters. The van der Waals surface area contributed by atoms with Crippen LogP contribution in [0.5, 0.6) is 0 Å². The van der Waals surface area contributed by atoms with Crippen molar-refractivity contribution in [3.8, 4) is 0 Å². The number of halogens is 4. The van der Waals surface area contributed by atoms with Gasteiger partial charge in [0.15, 0.2) is 0 Å². The second kappa shape index (κ2) is 10.5. The number of fused-ring (bicyclic) bond motifs is 1. The summed E-state index contributed by atoms with van der Waals surface area (Å²) in [5.41, 5.74) is -0.405. The van der Waals surface area contributed by atoms with E-state index in [9.17, 15) is 31.9 Å². The van der Waals surface area contributed by atoms with Gasteiger partial charge in [0.1, 0.15) is 11.4 Å². The van der Waals surface area contributed by atoms with E-state index < -0.39 is 35.0 Å². The Morgan fingerprint density at radius 2 is 1.72 bits per heavy atom. The Morgan fingerprint density at radius 3 is 2.33 bits per heavy atom. The van der Waals surface area contributed by atoms with Gasteiger partial charge in [-0.05, 0) is 68.2 Å². The molecule has 2 aromatic rings. The molecule has 0 radical (unpaired) electrons. The summed E-state index contributed by atoms with van der Waals surface area (Å²) in [6.45, 7) is 5.09. The smallest absolute Gasteiger partial charge is 0.416 e. The maximum atomic E-state index is 14.9. The van der Waals surface area contributed by atoms with Crippen molar-refractivity contribution in [3.05, 3.63) is 76.1 Å². The van der Waals surface area contributed by atoms with Crippen molar-refractivity contribution < 1.29 is 36.7 Å². The number of hydrogen-bond acceptors (Lipinski definition) is 4. The summed E-state index contributed by atoms with van der Waals surface area (Å²) < 4.78 is 58.0. The summed E-state index contributed by atoms with van der Waals surface area (Å²) >= 11 is 0. The molecule has 2 amide bonds. The highest BCUT2D eigenvalue weighted by atomic mass is 19.4. The molecule has 0 fully saturated rings. The first-order valence-electron chi connectivity index (χ1n) is 11.2. The van der Waals surface area contributed by atoms with Crippen molar-refractivity contribution in [1.29, 1.82) is 0 Å². The number of nitrogens with one attached hydrogen (secondary N) is 1. The number of ether oxygens (including phenoxy) is 1. The van der Waals surface area contributed by atoms with Gasteiger partial charge >= 0.3 is 12.1 Å². The minimum atomic E-state index is -4.44. The number of carbonyl (C=O) groups excluding carboxylic acids is 3. The van der Waals surface area contributed by atoms with E-state index in [1.165, 1.54) is 29.2 Å². The molecule has 36 heavy (non-hydrogen) atoms. The SMILES string of the molecule is CC(C)(C)OC(=O)c1ccc2c(c1F)CCN(C(=O)CNC(=O)/C=C/c1ccc(C(F)(F)F)cc1)C2. The number of nitrogens with zero attached hydrogens (tertiary/aromatic N) is 1. The molecule has 0 aromatic heterocycles. The first-order valence-corrected chi connectivity index (χ1v) is 11.2. The van der Waals surface area contributed by atoms with Crippen LogP contribution in [-0.2, 0) is 33.5 Å². The van der Waals surface area contributed by atoms with Gasteiger partial charge in [-0.3, -0.25) is 9.59 Å². The second-order valence-electron chi connectivity index (χ2n) is 9.30. The van der Waals surface area contributed by atoms with Gasteiger partial charge in [0.2, 0.25) is 11.8 Å². The highest BCUT2D eigenvalue weighted by Crippen LogP contribution is 2.29. The first-order chi connectivity index (χ1) is 16.7. The maximum absolute atomic E-state index is 14.9. The van der Waals surface area contributed by atoms with Gasteiger partial charge in [0, 0.05) is 19.2 Å². The summed E-state index contributed by atoms with van der Waals surface area (Å²) in [5.74, 6) is -2.38. The maximum Gasteiger partial charge on any atom is 0.416 e. The number of alkyl halides is 3. The van der Waals surface area contributed by atoms with Crippen molar-refractivity contribution in [1.82, 2.24) is 10.2 Å². The summed E-state index contributed by atoms with van der Waals surface area (Å²) in [6, 6.07) is 7.21. The fourth-order valence-electron chi connectivity index (χ4n) is 3.60. The van der Waals surface area contributed by atoms with E-state index in [0.29, 0.717) is 16.7 Å². The van der Waals surface area contributed by atoms with E-state index in [-0.39, 0.29) is 37.5 Å². The largest absolute Gasteiger partial charge is 0.456 e. The second-order valence-corrected chi connectivity index (χ2v) is 9.30. The lowest BCUT2D eigenvalue weighted by molar-refractivity contribution is -0.137. The molecule has 0 bridgehead atoms. The molecule has 1 N–H and O–H groups in total. The molecule has 0 spiro atoms. The molecule has 192 valence electrons. The zero-order valence-corrected chi connectivity index (χ0v) is 20.0. The Bertz CT molecular complexity index is 1180. The number of carbonyl (C=O) groups is 3. The fraction of sp³-hybridized carbons (Fsp3) is 0.346. The zero-order valence-electron chi connectivity index (χ0n) is 20.0. The van der Waals surface area contributed by atoms with E-state index in [4.69, 9.17) is 4.74 Å². The van der Waals surface area contributed by atoms with Gasteiger partial charge in [-0.2, -0.15) is 13.2 Å². The minimum Gasteiger partial charge on any atom is -0.456 e. The van der Waals surface area contributed by atoms with Gasteiger partial charge in [-0.15, -0.1) is 0 Å². The summed E-state index contributed by atoms with van der Waals surface area (Å²) in [4.78, 5) is 38.3. The van der Waals surface area contributed by atoms with Gasteiger partial charge in [-0.1, -0.05) is 18.2 Å². The van der Waals surface area contributed by atoms with Crippen LogP contribution in [0.3, 0.4) is 0 Å². The van der Waals surface area contributed by atoms with Crippen LogP contribution < -0.4 is 5.32 Å². The topological polar surface area (TPSA) is 75.7 Å². The van der Waals surface area contributed by atoms with Crippen molar-refractivity contribution >= 4 is 23.9 Å². The van der Waals surface area contributed by atoms with E-state index >= 15 is 0 Å². The van der Waals surface area contributed by atoms with Gasteiger partial charge < -0.3 is 15.0 Å². The van der Waals surface area contributed by atoms with Crippen LogP contribution in [0.2, 0.25) is 0 Å². The Balaban J connectivity index is 1.55. The summed E-state index contributed by atoms with van der Waals surface area (Å²) in [7, 11) is 0. The van der Waals surface area contributed by atoms with Crippen molar-refractivity contribution in [2.45, 2.75) is 45.5 Å². The highest BCUT2D eigenvalue weighted by molar-refractivity contribution is 5.94. The zero-order chi connectivity index (χ0) is 26.7. The standard InChI is InChI=1S/C26H26F4N2O4/c1-25(2,3)36-24(35)20-10-7-17-15-32(13-12-19(17)23(20)27)22(34)14-31-21(33)11-6-16-4-8-18(9-5-16)26(28,29)30/h4-11H,12-15H2,1-3H3,(H,31,33)/b11-6+. The van der Waals surface area contributed by atoms with Gasteiger partial charge in [0.25, 0.3) is 0 Å². The molecule has 1 aliphatic rings. The molecular formula is C26H26F4N2O4. The molecule has 0 saturated carbocycles. The van der Waals surface area contributed by atoms with E-state index in [1.807, 2.05) is 0 Å². The molecule has 2 aromatic carbocycles. The lowest BCUT2D eigenvalue weighted by Gasteiger charge is -2.29. The number of rotatable bonds is 5. The molecule has 1 heterocycles. The predicted molar refractivity (Wildman–Crippen MR) is 124 cm³/mol. The van der Waals surface area contributed by atoms with Gasteiger partial charge in [-0.25, -0.2) is 9.18 Å². The predicted octanol–water partition coefficient (Wildman–Crippen LogP) is 4.51. The number of esters is 1. The van der Waals surface area contributed by atoms with E-state index in [0.717, 1.165) is 18.2 Å². The van der Waals surface area contributed by atoms with E-state index in [2.05, 4.69) is 5.32 Å². The Morgan fingerprint density at radius 1 is 1.06 bits per heavy atom. The molecule has 0 saturated heterocycles. The third-order valence-corrected chi connectivity index (χ3v) is 5.38. The average molecular weight is 506 g/mol. The van der Waals surface area contributed by atoms with E-state index in [1.54, 1.807) is 26.8 Å². The molecule has 1 aliphatic heterocycles. The van der Waals surface area contributed by atoms with Crippen molar-refractivity contribution in [2.75, 3.05) is 13.1 Å². The average Bonchev–Trinajstić information content (AvgIpc) is 2.79. The van der Waals surface area contributed by atoms with Crippen LogP contribution in [0.25, 0.3) is 6.08 Å². The minimum absolute atomic E-state index is 0.122. The lowest BCUT2D eigenvalue weighted by atomic mass is 9.96. The third-order valence-electron chi connectivity index (χ3n) is 5.38. The molecular weight excluding hydrogens is 480 g/mol. The fourth-order valence-corrected chi connectivity index (χ4v) is 3.60. The summed E-state index contributed by atoms with van der Waals surface area (Å²) in [5, 5.41) is 2.43. The molecule has 3 rings (SSSR count). The van der Waals surface area contributed by atoms with Crippen molar-refractivity contribution in [2.24, 2.45) is 0 Å². The highest BCUT2D eigenvalue weighted by Gasteiger charge is 2.30. The number of amides is 2. The Kier molecular flexibility index (Phi) is 7.86. The third kappa shape index (κ3) is 6.93. The lowest BCUT2D eigenvalue weighted by Crippen LogP contribution is -2.42. The Hall–Kier alpha value is -3.69.